The molecule has 1 N–H and O–H groups in total. The quantitative estimate of drug-likeness (QED) is 0.869. The molecule has 0 unspecified atom stereocenters. The van der Waals surface area contributed by atoms with Crippen LogP contribution in [0.25, 0.3) is 0 Å². The molecule has 7 nitrogen and oxygen atoms in total. The van der Waals surface area contributed by atoms with E-state index >= 15 is 0 Å². The molecule has 148 valence electrons. The van der Waals surface area contributed by atoms with Gasteiger partial charge in [0.15, 0.2) is 0 Å². The van der Waals surface area contributed by atoms with Gasteiger partial charge in [0.2, 0.25) is 0 Å². The molecule has 28 heavy (non-hydrogen) atoms. The molecule has 1 aromatic carbocycles. The molecule has 0 aliphatic carbocycles. The van der Waals surface area contributed by atoms with E-state index in [0.717, 1.165) is 17.8 Å². The molecule has 0 spiro atoms. The number of pyridine rings is 1. The number of ether oxygens (including phenoxy) is 1. The number of amides is 2. The van der Waals surface area contributed by atoms with Crippen molar-refractivity contribution in [3.63, 3.8) is 0 Å². The zero-order valence-electron chi connectivity index (χ0n) is 15.3. The van der Waals surface area contributed by atoms with E-state index in [4.69, 9.17) is 4.74 Å². The Kier molecular flexibility index (Phi) is 6.03. The maximum absolute atomic E-state index is 13.7. The van der Waals surface area contributed by atoms with Gasteiger partial charge >= 0.3 is 6.09 Å². The molecule has 0 atom stereocenters. The Bertz CT molecular complexity index is 833. The number of piperazine rings is 1. The average Bonchev–Trinajstić information content (AvgIpc) is 2.71. The molecule has 0 radical (unpaired) electrons. The third-order valence-corrected chi connectivity index (χ3v) is 4.35. The van der Waals surface area contributed by atoms with Gasteiger partial charge in [-0.1, -0.05) is 6.07 Å². The van der Waals surface area contributed by atoms with Crippen molar-refractivity contribution in [1.29, 1.82) is 0 Å². The van der Waals surface area contributed by atoms with Crippen LogP contribution in [0.5, 0.6) is 0 Å². The van der Waals surface area contributed by atoms with E-state index in [2.05, 4.69) is 10.3 Å². The normalized spacial score (nSPS) is 14.0. The molecule has 2 amide bonds. The predicted molar refractivity (Wildman–Crippen MR) is 99.4 cm³/mol. The van der Waals surface area contributed by atoms with Crippen molar-refractivity contribution in [1.82, 2.24) is 9.88 Å². The minimum atomic E-state index is -0.857. The molecule has 1 fully saturated rings. The van der Waals surface area contributed by atoms with E-state index in [-0.39, 0.29) is 11.8 Å². The summed E-state index contributed by atoms with van der Waals surface area (Å²) in [6, 6.07) is 6.53. The lowest BCUT2D eigenvalue weighted by molar-refractivity contribution is 0.101. The van der Waals surface area contributed by atoms with Crippen LogP contribution in [0.2, 0.25) is 0 Å². The van der Waals surface area contributed by atoms with Gasteiger partial charge in [0.1, 0.15) is 23.0 Å². The third kappa shape index (κ3) is 4.36. The number of anilines is 2. The number of benzene rings is 1. The minimum absolute atomic E-state index is 0.0385. The molecule has 0 bridgehead atoms. The van der Waals surface area contributed by atoms with Crippen molar-refractivity contribution >= 4 is 23.4 Å². The smallest absolute Gasteiger partial charge is 0.409 e. The van der Waals surface area contributed by atoms with Gasteiger partial charge in [-0.2, -0.15) is 0 Å². The monoisotopic (exact) mass is 390 g/mol. The van der Waals surface area contributed by atoms with Crippen LogP contribution in [-0.2, 0) is 4.74 Å². The molecular weight excluding hydrogens is 370 g/mol. The zero-order chi connectivity index (χ0) is 20.1. The van der Waals surface area contributed by atoms with E-state index in [1.165, 1.54) is 18.3 Å². The fraction of sp³-hybridized carbons (Fsp3) is 0.316. The number of para-hydroxylation sites is 1. The van der Waals surface area contributed by atoms with Crippen LogP contribution in [0.1, 0.15) is 17.4 Å². The van der Waals surface area contributed by atoms with Crippen molar-refractivity contribution in [3.05, 3.63) is 53.9 Å². The molecule has 9 heteroatoms. The predicted octanol–water partition coefficient (Wildman–Crippen LogP) is 2.89. The van der Waals surface area contributed by atoms with Gasteiger partial charge in [0, 0.05) is 26.2 Å². The van der Waals surface area contributed by atoms with Crippen molar-refractivity contribution in [2.45, 2.75) is 6.92 Å². The van der Waals surface area contributed by atoms with Gasteiger partial charge in [-0.3, -0.25) is 4.79 Å². The molecule has 1 aliphatic rings. The van der Waals surface area contributed by atoms with E-state index in [9.17, 15) is 18.4 Å². The zero-order valence-corrected chi connectivity index (χ0v) is 15.3. The standard InChI is InChI=1S/C19H20F2N4O3/c1-2-28-19(27)25-10-8-24(9-11-25)13-6-7-16(22-12-13)18(26)23-17-14(20)4-3-5-15(17)21/h3-7,12H,2,8-11H2,1H3,(H,23,26). The van der Waals surface area contributed by atoms with Crippen molar-refractivity contribution in [3.8, 4) is 0 Å². The van der Waals surface area contributed by atoms with E-state index in [1.807, 2.05) is 4.90 Å². The first-order valence-electron chi connectivity index (χ1n) is 8.87. The number of nitrogens with zero attached hydrogens (tertiary/aromatic N) is 3. The van der Waals surface area contributed by atoms with Gasteiger partial charge in [0.25, 0.3) is 5.91 Å². The highest BCUT2D eigenvalue weighted by molar-refractivity contribution is 6.03. The molecule has 1 aromatic heterocycles. The SMILES string of the molecule is CCOC(=O)N1CCN(c2ccc(C(=O)Nc3c(F)cccc3F)nc2)CC1. The highest BCUT2D eigenvalue weighted by atomic mass is 19.1. The average molecular weight is 390 g/mol. The van der Waals surface area contributed by atoms with Gasteiger partial charge in [-0.05, 0) is 31.2 Å². The maximum Gasteiger partial charge on any atom is 0.409 e. The third-order valence-electron chi connectivity index (χ3n) is 4.35. The molecule has 1 saturated heterocycles. The Hall–Kier alpha value is -3.23. The first kappa shape index (κ1) is 19.5. The lowest BCUT2D eigenvalue weighted by Gasteiger charge is -2.35. The van der Waals surface area contributed by atoms with Crippen LogP contribution < -0.4 is 10.2 Å². The van der Waals surface area contributed by atoms with Gasteiger partial charge in [-0.25, -0.2) is 18.6 Å². The van der Waals surface area contributed by atoms with Crippen LogP contribution in [0.15, 0.2) is 36.5 Å². The van der Waals surface area contributed by atoms with E-state index in [1.54, 1.807) is 17.9 Å². The Morgan fingerprint density at radius 2 is 1.79 bits per heavy atom. The van der Waals surface area contributed by atoms with Crippen LogP contribution >= 0.6 is 0 Å². The Balaban J connectivity index is 1.61. The summed E-state index contributed by atoms with van der Waals surface area (Å²) in [6.45, 7) is 4.35. The fourth-order valence-electron chi connectivity index (χ4n) is 2.86. The first-order valence-corrected chi connectivity index (χ1v) is 8.87. The van der Waals surface area contributed by atoms with Crippen LogP contribution in [0.3, 0.4) is 0 Å². The topological polar surface area (TPSA) is 74.8 Å². The van der Waals surface area contributed by atoms with Crippen LogP contribution in [-0.4, -0.2) is 54.7 Å². The molecule has 1 aliphatic heterocycles. The van der Waals surface area contributed by atoms with E-state index in [0.29, 0.717) is 32.8 Å². The molecule has 2 heterocycles. The number of rotatable bonds is 4. The molecule has 2 aromatic rings. The highest BCUT2D eigenvalue weighted by Crippen LogP contribution is 2.20. The van der Waals surface area contributed by atoms with Gasteiger partial charge in [0.05, 0.1) is 18.5 Å². The van der Waals surface area contributed by atoms with E-state index < -0.39 is 23.2 Å². The number of hydrogen-bond acceptors (Lipinski definition) is 5. The van der Waals surface area contributed by atoms with Crippen molar-refractivity contribution in [2.75, 3.05) is 43.0 Å². The number of aromatic nitrogens is 1. The lowest BCUT2D eigenvalue weighted by atomic mass is 10.2. The second-order valence-corrected chi connectivity index (χ2v) is 6.13. The summed E-state index contributed by atoms with van der Waals surface area (Å²) in [7, 11) is 0. The molecule has 3 rings (SSSR count). The summed E-state index contributed by atoms with van der Waals surface area (Å²) >= 11 is 0. The number of halogens is 2. The number of carbonyl (C=O) groups excluding carboxylic acids is 2. The summed E-state index contributed by atoms with van der Waals surface area (Å²) < 4.78 is 32.3. The fourth-order valence-corrected chi connectivity index (χ4v) is 2.86. The summed E-state index contributed by atoms with van der Waals surface area (Å²) in [6.07, 6.45) is 1.19. The Morgan fingerprint density at radius 1 is 1.11 bits per heavy atom. The van der Waals surface area contributed by atoms with Crippen LogP contribution in [0.4, 0.5) is 25.0 Å². The maximum atomic E-state index is 13.7. The van der Waals surface area contributed by atoms with Gasteiger partial charge in [-0.15, -0.1) is 0 Å². The summed E-state index contributed by atoms with van der Waals surface area (Å²) in [4.78, 5) is 31.7. The summed E-state index contributed by atoms with van der Waals surface area (Å²) in [5.74, 6) is -2.42. The number of carbonyl (C=O) groups is 2. The summed E-state index contributed by atoms with van der Waals surface area (Å²) in [5.41, 5.74) is 0.321. The second kappa shape index (κ2) is 8.64. The number of nitrogens with one attached hydrogen (secondary N) is 1. The lowest BCUT2D eigenvalue weighted by Crippen LogP contribution is -2.49. The van der Waals surface area contributed by atoms with Crippen LogP contribution in [0, 0.1) is 11.6 Å². The second-order valence-electron chi connectivity index (χ2n) is 6.13. The Labute approximate surface area is 160 Å². The largest absolute Gasteiger partial charge is 0.450 e. The van der Waals surface area contributed by atoms with Crippen molar-refractivity contribution < 1.29 is 23.1 Å². The number of hydrogen-bond donors (Lipinski definition) is 1. The van der Waals surface area contributed by atoms with Crippen molar-refractivity contribution in [2.24, 2.45) is 0 Å². The highest BCUT2D eigenvalue weighted by Gasteiger charge is 2.22. The Morgan fingerprint density at radius 3 is 2.36 bits per heavy atom. The molecular formula is C19H20F2N4O3. The molecule has 0 saturated carbocycles. The summed E-state index contributed by atoms with van der Waals surface area (Å²) in [5, 5.41) is 2.20. The van der Waals surface area contributed by atoms with Gasteiger partial charge < -0.3 is 19.9 Å². The first-order chi connectivity index (χ1) is 13.5. The minimum Gasteiger partial charge on any atom is -0.450 e.